The second-order valence-electron chi connectivity index (χ2n) is 6.27. The summed E-state index contributed by atoms with van der Waals surface area (Å²) >= 11 is 5.98. The number of hydrogen-bond donors (Lipinski definition) is 0. The van der Waals surface area contributed by atoms with Gasteiger partial charge in [0.05, 0.1) is 23.7 Å². The van der Waals surface area contributed by atoms with Gasteiger partial charge in [-0.05, 0) is 19.4 Å². The minimum atomic E-state index is -3.31. The number of pyridine rings is 1. The third-order valence-electron chi connectivity index (χ3n) is 4.40. The van der Waals surface area contributed by atoms with Gasteiger partial charge in [-0.3, -0.25) is 0 Å². The highest BCUT2D eigenvalue weighted by atomic mass is 35.5. The molecular formula is C16H19ClN4O4S. The van der Waals surface area contributed by atoms with Gasteiger partial charge >= 0.3 is 5.97 Å². The minimum absolute atomic E-state index is 0.173. The smallest absolute Gasteiger partial charge is 0.328 e. The molecule has 1 aliphatic heterocycles. The molecule has 0 aromatic carbocycles. The molecular weight excluding hydrogens is 380 g/mol. The van der Waals surface area contributed by atoms with Gasteiger partial charge in [0.15, 0.2) is 9.84 Å². The van der Waals surface area contributed by atoms with Crippen molar-refractivity contribution >= 4 is 33.2 Å². The molecule has 0 saturated carbocycles. The summed E-state index contributed by atoms with van der Waals surface area (Å²) in [5, 5.41) is 4.11. The van der Waals surface area contributed by atoms with Crippen LogP contribution in [0.1, 0.15) is 12.1 Å². The first-order chi connectivity index (χ1) is 12.2. The molecule has 8 nitrogen and oxygen atoms in total. The third-order valence-corrected chi connectivity index (χ3v) is 6.16. The largest absolute Gasteiger partial charge is 0.467 e. The zero-order valence-corrected chi connectivity index (χ0v) is 16.2. The van der Waals surface area contributed by atoms with Crippen molar-refractivity contribution in [3.8, 4) is 5.69 Å². The minimum Gasteiger partial charge on any atom is -0.467 e. The summed E-state index contributed by atoms with van der Waals surface area (Å²) in [5.74, 6) is 0.126. The Bertz CT molecular complexity index is 943. The van der Waals surface area contributed by atoms with Crippen LogP contribution in [0.4, 0.5) is 5.82 Å². The molecule has 0 N–H and O–H groups in total. The lowest BCUT2D eigenvalue weighted by atomic mass is 10.2. The number of aromatic nitrogens is 3. The number of anilines is 1. The predicted molar refractivity (Wildman–Crippen MR) is 97.5 cm³/mol. The number of aryl methyl sites for hydroxylation is 1. The lowest BCUT2D eigenvalue weighted by Crippen LogP contribution is -2.38. The first kappa shape index (κ1) is 18.7. The average Bonchev–Trinajstić information content (AvgIpc) is 3.17. The van der Waals surface area contributed by atoms with Crippen molar-refractivity contribution in [3.63, 3.8) is 0 Å². The number of carbonyl (C=O) groups is 1. The number of halogens is 1. The molecule has 1 aliphatic rings. The quantitative estimate of drug-likeness (QED) is 0.567. The molecule has 0 radical (unpaired) electrons. The van der Waals surface area contributed by atoms with Crippen molar-refractivity contribution in [2.45, 2.75) is 24.6 Å². The molecule has 3 rings (SSSR count). The van der Waals surface area contributed by atoms with Gasteiger partial charge in [0.2, 0.25) is 0 Å². The van der Waals surface area contributed by atoms with Gasteiger partial charge in [-0.1, -0.05) is 11.6 Å². The van der Waals surface area contributed by atoms with Crippen LogP contribution in [-0.2, 0) is 19.4 Å². The fourth-order valence-corrected chi connectivity index (χ4v) is 4.26. The lowest BCUT2D eigenvalue weighted by molar-refractivity contribution is -0.141. The Morgan fingerprint density at radius 3 is 2.73 bits per heavy atom. The number of rotatable bonds is 4. The Hall–Kier alpha value is -2.13. The highest BCUT2D eigenvalue weighted by Crippen LogP contribution is 2.32. The standard InChI is InChI=1S/C16H19ClN4O4S/c1-10-6-15(21(19-10)11-4-5-18-14(17)7-11)20-9-12(26(3,23)24)8-13(20)16(22)25-2/h4-7,12-13H,8-9H2,1-3H3/t12-,13?/m1/s1. The van der Waals surface area contributed by atoms with E-state index in [1.165, 1.54) is 13.4 Å². The van der Waals surface area contributed by atoms with Gasteiger partial charge in [0.1, 0.15) is 17.0 Å². The molecule has 0 bridgehead atoms. The number of esters is 1. The van der Waals surface area contributed by atoms with Crippen LogP contribution in [0.5, 0.6) is 0 Å². The van der Waals surface area contributed by atoms with Crippen molar-refractivity contribution in [1.29, 1.82) is 0 Å². The molecule has 1 saturated heterocycles. The maximum Gasteiger partial charge on any atom is 0.328 e. The predicted octanol–water partition coefficient (Wildman–Crippen LogP) is 1.39. The van der Waals surface area contributed by atoms with Crippen LogP contribution in [0.25, 0.3) is 5.69 Å². The summed E-state index contributed by atoms with van der Waals surface area (Å²) in [6.07, 6.45) is 2.91. The van der Waals surface area contributed by atoms with Crippen LogP contribution in [0.15, 0.2) is 24.4 Å². The van der Waals surface area contributed by atoms with Crippen LogP contribution >= 0.6 is 11.6 Å². The van der Waals surface area contributed by atoms with Gasteiger partial charge in [-0.15, -0.1) is 0 Å². The van der Waals surface area contributed by atoms with E-state index in [-0.39, 0.29) is 13.0 Å². The van der Waals surface area contributed by atoms with Crippen molar-refractivity contribution in [2.75, 3.05) is 24.8 Å². The molecule has 1 unspecified atom stereocenters. The Kier molecular flexibility index (Phi) is 4.94. The van der Waals surface area contributed by atoms with Crippen LogP contribution in [0.3, 0.4) is 0 Å². The molecule has 2 aromatic heterocycles. The SMILES string of the molecule is COC(=O)C1C[C@@H](S(C)(=O)=O)CN1c1cc(C)nn1-c1ccnc(Cl)c1. The zero-order valence-electron chi connectivity index (χ0n) is 14.6. The summed E-state index contributed by atoms with van der Waals surface area (Å²) in [5.41, 5.74) is 1.39. The van der Waals surface area contributed by atoms with Gasteiger partial charge in [-0.25, -0.2) is 22.9 Å². The molecule has 140 valence electrons. The number of nitrogens with zero attached hydrogens (tertiary/aromatic N) is 4. The van der Waals surface area contributed by atoms with Gasteiger partial charge < -0.3 is 9.64 Å². The highest BCUT2D eigenvalue weighted by Gasteiger charge is 2.43. The Balaban J connectivity index is 2.08. The van der Waals surface area contributed by atoms with Gasteiger partial charge in [0.25, 0.3) is 0 Å². The van der Waals surface area contributed by atoms with E-state index in [1.807, 2.05) is 6.92 Å². The molecule has 1 fully saturated rings. The fraction of sp³-hybridized carbons (Fsp3) is 0.438. The summed E-state index contributed by atoms with van der Waals surface area (Å²) in [4.78, 5) is 17.9. The molecule has 2 aromatic rings. The normalized spacial score (nSPS) is 20.4. The average molecular weight is 399 g/mol. The first-order valence-electron chi connectivity index (χ1n) is 7.92. The van der Waals surface area contributed by atoms with E-state index in [9.17, 15) is 13.2 Å². The molecule has 2 atom stereocenters. The number of hydrogen-bond acceptors (Lipinski definition) is 7. The summed E-state index contributed by atoms with van der Waals surface area (Å²) in [7, 11) is -2.01. The number of ether oxygens (including phenoxy) is 1. The molecule has 3 heterocycles. The van der Waals surface area contributed by atoms with Crippen molar-refractivity contribution in [3.05, 3.63) is 35.2 Å². The summed E-state index contributed by atoms with van der Waals surface area (Å²) in [6.45, 7) is 2.00. The topological polar surface area (TPSA) is 94.4 Å². The summed E-state index contributed by atoms with van der Waals surface area (Å²) < 4.78 is 30.6. The first-order valence-corrected chi connectivity index (χ1v) is 10.3. The van der Waals surface area contributed by atoms with E-state index in [0.717, 1.165) is 5.69 Å². The number of sulfone groups is 1. The second-order valence-corrected chi connectivity index (χ2v) is 8.98. The number of carbonyl (C=O) groups excluding carboxylic acids is 1. The molecule has 0 aliphatic carbocycles. The van der Waals surface area contributed by atoms with E-state index in [1.54, 1.807) is 34.0 Å². The van der Waals surface area contributed by atoms with E-state index >= 15 is 0 Å². The molecule has 0 amide bonds. The monoisotopic (exact) mass is 398 g/mol. The highest BCUT2D eigenvalue weighted by molar-refractivity contribution is 7.91. The molecule has 0 spiro atoms. The molecule has 26 heavy (non-hydrogen) atoms. The van der Waals surface area contributed by atoms with E-state index in [0.29, 0.717) is 16.7 Å². The zero-order chi connectivity index (χ0) is 19.1. The van der Waals surface area contributed by atoms with Crippen molar-refractivity contribution < 1.29 is 17.9 Å². The Morgan fingerprint density at radius 2 is 2.12 bits per heavy atom. The van der Waals surface area contributed by atoms with Crippen molar-refractivity contribution in [1.82, 2.24) is 14.8 Å². The van der Waals surface area contributed by atoms with Crippen LogP contribution in [-0.4, -0.2) is 60.4 Å². The van der Waals surface area contributed by atoms with Gasteiger partial charge in [-0.2, -0.15) is 5.10 Å². The van der Waals surface area contributed by atoms with Crippen LogP contribution in [0.2, 0.25) is 5.15 Å². The van der Waals surface area contributed by atoms with E-state index in [2.05, 4.69) is 10.1 Å². The lowest BCUT2D eigenvalue weighted by Gasteiger charge is -2.25. The Morgan fingerprint density at radius 1 is 1.38 bits per heavy atom. The fourth-order valence-electron chi connectivity index (χ4n) is 3.12. The number of methoxy groups -OCH3 is 1. The van der Waals surface area contributed by atoms with E-state index in [4.69, 9.17) is 16.3 Å². The van der Waals surface area contributed by atoms with Crippen molar-refractivity contribution in [2.24, 2.45) is 0 Å². The molecule has 10 heteroatoms. The van der Waals surface area contributed by atoms with E-state index < -0.39 is 27.1 Å². The van der Waals surface area contributed by atoms with Crippen LogP contribution < -0.4 is 4.90 Å². The van der Waals surface area contributed by atoms with Crippen LogP contribution in [0, 0.1) is 6.92 Å². The maximum atomic E-state index is 12.3. The van der Waals surface area contributed by atoms with Gasteiger partial charge in [0, 0.05) is 31.1 Å². The Labute approximate surface area is 156 Å². The summed E-state index contributed by atoms with van der Waals surface area (Å²) in [6, 6.07) is 4.48. The second kappa shape index (κ2) is 6.88. The maximum absolute atomic E-state index is 12.3. The third kappa shape index (κ3) is 3.54.